The van der Waals surface area contributed by atoms with E-state index in [1.54, 1.807) is 49.4 Å². The first-order chi connectivity index (χ1) is 19.5. The molecule has 0 saturated carbocycles. The van der Waals surface area contributed by atoms with Gasteiger partial charge in [0.1, 0.15) is 11.5 Å². The van der Waals surface area contributed by atoms with Crippen molar-refractivity contribution in [3.8, 4) is 23.0 Å². The van der Waals surface area contributed by atoms with E-state index in [9.17, 15) is 9.59 Å². The predicted octanol–water partition coefficient (Wildman–Crippen LogP) is 6.16. The van der Waals surface area contributed by atoms with Crippen LogP contribution in [0.25, 0.3) is 10.8 Å². The molecule has 4 rings (SSSR count). The van der Waals surface area contributed by atoms with Gasteiger partial charge in [0.05, 0.1) is 25.0 Å². The Morgan fingerprint density at radius 3 is 2.35 bits per heavy atom. The van der Waals surface area contributed by atoms with Crippen LogP contribution in [0.5, 0.6) is 23.0 Å². The quantitative estimate of drug-likeness (QED) is 0.100. The number of nitrogens with one attached hydrogen (secondary N) is 1. The maximum absolute atomic E-state index is 12.7. The Morgan fingerprint density at radius 2 is 1.60 bits per heavy atom. The van der Waals surface area contributed by atoms with Crippen molar-refractivity contribution >= 4 is 28.9 Å². The number of amides is 1. The highest BCUT2D eigenvalue weighted by molar-refractivity contribution is 5.92. The molecule has 0 aliphatic heterocycles. The van der Waals surface area contributed by atoms with E-state index >= 15 is 0 Å². The molecule has 0 aliphatic rings. The summed E-state index contributed by atoms with van der Waals surface area (Å²) < 4.78 is 22.6. The van der Waals surface area contributed by atoms with Crippen molar-refractivity contribution in [2.75, 3.05) is 13.2 Å². The minimum absolute atomic E-state index is 0.275. The van der Waals surface area contributed by atoms with Crippen LogP contribution in [0.2, 0.25) is 0 Å². The zero-order valence-corrected chi connectivity index (χ0v) is 22.8. The van der Waals surface area contributed by atoms with Crippen molar-refractivity contribution in [3.63, 3.8) is 0 Å². The molecule has 0 bridgehead atoms. The molecule has 0 saturated heterocycles. The van der Waals surface area contributed by atoms with Crippen molar-refractivity contribution < 1.29 is 28.5 Å². The third-order valence-electron chi connectivity index (χ3n) is 5.82. The van der Waals surface area contributed by atoms with Gasteiger partial charge in [-0.1, -0.05) is 37.3 Å². The smallest absolute Gasteiger partial charge is 0.343 e. The molecule has 0 aromatic heterocycles. The Labute approximate surface area is 233 Å². The zero-order valence-electron chi connectivity index (χ0n) is 22.8. The number of hydrogen-bond acceptors (Lipinski definition) is 7. The van der Waals surface area contributed by atoms with Crippen molar-refractivity contribution in [2.45, 2.75) is 33.3 Å². The van der Waals surface area contributed by atoms with E-state index in [1.165, 1.54) is 6.21 Å². The fourth-order valence-electron chi connectivity index (χ4n) is 3.78. The Kier molecular flexibility index (Phi) is 9.72. The second-order valence-electron chi connectivity index (χ2n) is 8.90. The molecular weight excluding hydrogens is 508 g/mol. The minimum Gasteiger partial charge on any atom is -0.494 e. The summed E-state index contributed by atoms with van der Waals surface area (Å²) >= 11 is 0. The Morgan fingerprint density at radius 1 is 0.850 bits per heavy atom. The molecule has 0 unspecified atom stereocenters. The van der Waals surface area contributed by atoms with Crippen LogP contribution in [0.3, 0.4) is 0 Å². The molecular formula is C32H32N2O6. The predicted molar refractivity (Wildman–Crippen MR) is 155 cm³/mol. The van der Waals surface area contributed by atoms with Crippen LogP contribution in [0.4, 0.5) is 0 Å². The summed E-state index contributed by atoms with van der Waals surface area (Å²) in [5.74, 6) is 1.03. The number of carbonyl (C=O) groups is 2. The first-order valence-corrected chi connectivity index (χ1v) is 13.2. The van der Waals surface area contributed by atoms with Gasteiger partial charge in [-0.25, -0.2) is 10.2 Å². The lowest BCUT2D eigenvalue weighted by atomic mass is 10.1. The molecule has 1 amide bonds. The summed E-state index contributed by atoms with van der Waals surface area (Å²) in [5, 5.41) is 6.16. The van der Waals surface area contributed by atoms with E-state index < -0.39 is 18.0 Å². The number of rotatable bonds is 12. The van der Waals surface area contributed by atoms with Gasteiger partial charge >= 0.3 is 5.97 Å². The molecule has 206 valence electrons. The van der Waals surface area contributed by atoms with E-state index in [0.717, 1.165) is 17.2 Å². The summed E-state index contributed by atoms with van der Waals surface area (Å²) in [7, 11) is 0. The standard InChI is InChI=1S/C32H32N2O6/c1-4-18-38-27-14-12-25(13-15-27)32(36)40-29-17-10-23(19-30(29)37-5-2)21-33-34-31(35)22(3)39-28-16-11-24-8-6-7-9-26(24)20-28/h6-17,19-22H,4-5,18H2,1-3H3,(H,34,35)/b33-21-/t22-/m0/s1. The maximum Gasteiger partial charge on any atom is 0.343 e. The third kappa shape index (κ3) is 7.60. The van der Waals surface area contributed by atoms with Gasteiger partial charge in [0, 0.05) is 0 Å². The van der Waals surface area contributed by atoms with Crippen LogP contribution in [0.1, 0.15) is 43.1 Å². The minimum atomic E-state index is -0.758. The summed E-state index contributed by atoms with van der Waals surface area (Å²) in [4.78, 5) is 25.2. The number of benzene rings is 4. The number of fused-ring (bicyclic) bond motifs is 1. The van der Waals surface area contributed by atoms with Gasteiger partial charge < -0.3 is 18.9 Å². The molecule has 0 aliphatic carbocycles. The van der Waals surface area contributed by atoms with Gasteiger partial charge in [-0.15, -0.1) is 0 Å². The van der Waals surface area contributed by atoms with Crippen LogP contribution in [-0.4, -0.2) is 37.4 Å². The second-order valence-corrected chi connectivity index (χ2v) is 8.90. The van der Waals surface area contributed by atoms with E-state index in [1.807, 2.05) is 56.3 Å². The topological polar surface area (TPSA) is 95.5 Å². The summed E-state index contributed by atoms with van der Waals surface area (Å²) in [6.45, 7) is 6.49. The summed E-state index contributed by atoms with van der Waals surface area (Å²) in [5.41, 5.74) is 3.53. The fraction of sp³-hybridized carbons (Fsp3) is 0.219. The van der Waals surface area contributed by atoms with Crippen LogP contribution in [-0.2, 0) is 4.79 Å². The highest BCUT2D eigenvalue weighted by Gasteiger charge is 2.15. The van der Waals surface area contributed by atoms with Gasteiger partial charge in [0.2, 0.25) is 0 Å². The Balaban J connectivity index is 1.35. The highest BCUT2D eigenvalue weighted by Crippen LogP contribution is 2.29. The van der Waals surface area contributed by atoms with Crippen LogP contribution in [0, 0.1) is 0 Å². The number of esters is 1. The summed E-state index contributed by atoms with van der Waals surface area (Å²) in [6, 6.07) is 25.4. The van der Waals surface area contributed by atoms with Crippen molar-refractivity contribution in [1.82, 2.24) is 5.43 Å². The van der Waals surface area contributed by atoms with E-state index in [2.05, 4.69) is 10.5 Å². The first kappa shape index (κ1) is 28.2. The molecule has 8 nitrogen and oxygen atoms in total. The molecule has 1 atom stereocenters. The molecule has 0 fully saturated rings. The largest absolute Gasteiger partial charge is 0.494 e. The monoisotopic (exact) mass is 540 g/mol. The molecule has 1 N–H and O–H groups in total. The molecule has 4 aromatic rings. The van der Waals surface area contributed by atoms with E-state index in [0.29, 0.717) is 41.6 Å². The Bertz CT molecular complexity index is 1480. The number of ether oxygens (including phenoxy) is 4. The Hall–Kier alpha value is -4.85. The number of carbonyl (C=O) groups excluding carboxylic acids is 2. The van der Waals surface area contributed by atoms with E-state index in [4.69, 9.17) is 18.9 Å². The molecule has 40 heavy (non-hydrogen) atoms. The average Bonchev–Trinajstić information content (AvgIpc) is 2.97. The lowest BCUT2D eigenvalue weighted by Crippen LogP contribution is -2.33. The van der Waals surface area contributed by atoms with Gasteiger partial charge in [-0.2, -0.15) is 5.10 Å². The normalized spacial score (nSPS) is 11.7. The molecule has 8 heteroatoms. The number of nitrogens with zero attached hydrogens (tertiary/aromatic N) is 1. The van der Waals surface area contributed by atoms with Gasteiger partial charge in [0.15, 0.2) is 17.6 Å². The second kappa shape index (κ2) is 13.8. The van der Waals surface area contributed by atoms with E-state index in [-0.39, 0.29) is 5.75 Å². The molecule has 4 aromatic carbocycles. The third-order valence-corrected chi connectivity index (χ3v) is 5.82. The fourth-order valence-corrected chi connectivity index (χ4v) is 3.78. The van der Waals surface area contributed by atoms with Crippen molar-refractivity contribution in [2.24, 2.45) is 5.10 Å². The molecule has 0 heterocycles. The zero-order chi connectivity index (χ0) is 28.3. The van der Waals surface area contributed by atoms with Crippen LogP contribution in [0.15, 0.2) is 90.0 Å². The summed E-state index contributed by atoms with van der Waals surface area (Å²) in [6.07, 6.45) is 1.62. The molecule has 0 spiro atoms. The molecule has 0 radical (unpaired) electrons. The van der Waals surface area contributed by atoms with Crippen LogP contribution >= 0.6 is 0 Å². The van der Waals surface area contributed by atoms with Crippen molar-refractivity contribution in [3.05, 3.63) is 96.1 Å². The van der Waals surface area contributed by atoms with Gasteiger partial charge in [0.25, 0.3) is 5.91 Å². The first-order valence-electron chi connectivity index (χ1n) is 13.2. The SMILES string of the molecule is CCCOc1ccc(C(=O)Oc2ccc(/C=N\NC(=O)[C@H](C)Oc3ccc4ccccc4c3)cc2OCC)cc1. The average molecular weight is 541 g/mol. The number of hydrogen-bond donors (Lipinski definition) is 1. The lowest BCUT2D eigenvalue weighted by molar-refractivity contribution is -0.127. The number of hydrazone groups is 1. The van der Waals surface area contributed by atoms with Gasteiger partial charge in [-0.3, -0.25) is 4.79 Å². The maximum atomic E-state index is 12.7. The highest BCUT2D eigenvalue weighted by atomic mass is 16.6. The lowest BCUT2D eigenvalue weighted by Gasteiger charge is -2.13. The van der Waals surface area contributed by atoms with Crippen molar-refractivity contribution in [1.29, 1.82) is 0 Å². The van der Waals surface area contributed by atoms with Gasteiger partial charge in [-0.05, 0) is 91.2 Å². The van der Waals surface area contributed by atoms with Crippen LogP contribution < -0.4 is 24.4 Å².